The van der Waals surface area contributed by atoms with Crippen LogP contribution >= 0.6 is 11.6 Å². The summed E-state index contributed by atoms with van der Waals surface area (Å²) >= 11 is 5.74. The van der Waals surface area contributed by atoms with E-state index >= 15 is 0 Å². The fourth-order valence-corrected chi connectivity index (χ4v) is 1.49. The number of ether oxygens (including phenoxy) is 1. The average Bonchev–Trinajstić information content (AvgIpc) is 2.17. The number of nitriles is 1. The Kier molecular flexibility index (Phi) is 3.16. The summed E-state index contributed by atoms with van der Waals surface area (Å²) in [5.41, 5.74) is 2.32. The minimum absolute atomic E-state index is 0.299. The van der Waals surface area contributed by atoms with Crippen LogP contribution in [-0.2, 0) is 5.88 Å². The lowest BCUT2D eigenvalue weighted by atomic mass is 10.0. The molecule has 0 aliphatic carbocycles. The summed E-state index contributed by atoms with van der Waals surface area (Å²) in [6.45, 7) is 1.88. The van der Waals surface area contributed by atoms with E-state index < -0.39 is 0 Å². The summed E-state index contributed by atoms with van der Waals surface area (Å²) in [6, 6.07) is 5.81. The number of benzene rings is 1. The average molecular weight is 196 g/mol. The Hall–Kier alpha value is -1.20. The minimum atomic E-state index is 0.299. The van der Waals surface area contributed by atoms with Crippen molar-refractivity contribution in [3.8, 4) is 11.8 Å². The normalized spacial score (nSPS) is 9.38. The molecule has 2 nitrogen and oxygen atoms in total. The fourth-order valence-electron chi connectivity index (χ4n) is 1.23. The molecule has 0 spiro atoms. The first kappa shape index (κ1) is 9.88. The van der Waals surface area contributed by atoms with Crippen LogP contribution in [0.3, 0.4) is 0 Å². The van der Waals surface area contributed by atoms with E-state index in [1.54, 1.807) is 7.11 Å². The maximum Gasteiger partial charge on any atom is 0.124 e. The van der Waals surface area contributed by atoms with E-state index in [0.717, 1.165) is 11.1 Å². The molecular weight excluding hydrogens is 186 g/mol. The van der Waals surface area contributed by atoms with Crippen LogP contribution in [0, 0.1) is 18.3 Å². The molecule has 1 rings (SSSR count). The number of hydrogen-bond acceptors (Lipinski definition) is 2. The molecule has 0 N–H and O–H groups in total. The zero-order valence-electron chi connectivity index (χ0n) is 7.60. The molecule has 0 heterocycles. The third-order valence-electron chi connectivity index (χ3n) is 1.94. The van der Waals surface area contributed by atoms with Gasteiger partial charge in [0.2, 0.25) is 0 Å². The summed E-state index contributed by atoms with van der Waals surface area (Å²) in [7, 11) is 1.57. The number of halogens is 1. The van der Waals surface area contributed by atoms with Crippen molar-refractivity contribution in [1.82, 2.24) is 0 Å². The molecule has 1 aromatic rings. The number of hydrogen-bond donors (Lipinski definition) is 0. The molecule has 68 valence electrons. The van der Waals surface area contributed by atoms with Gasteiger partial charge in [-0.2, -0.15) is 5.26 Å². The highest BCUT2D eigenvalue weighted by Gasteiger charge is 2.09. The number of nitrogens with zero attached hydrogens (tertiary/aromatic N) is 1. The predicted octanol–water partition coefficient (Wildman–Crippen LogP) is 2.61. The van der Waals surface area contributed by atoms with Crippen molar-refractivity contribution in [2.24, 2.45) is 0 Å². The molecule has 3 heteroatoms. The Balaban J connectivity index is 3.38. The standard InChI is InChI=1S/C10H10ClNO/c1-7-3-4-10(13-2)8(5-11)9(7)6-12/h3-4H,5H2,1-2H3. The largest absolute Gasteiger partial charge is 0.496 e. The zero-order valence-corrected chi connectivity index (χ0v) is 8.35. The Morgan fingerprint density at radius 1 is 1.54 bits per heavy atom. The predicted molar refractivity (Wildman–Crippen MR) is 52.0 cm³/mol. The maximum absolute atomic E-state index is 8.89. The van der Waals surface area contributed by atoms with Crippen LogP contribution in [0.1, 0.15) is 16.7 Å². The van der Waals surface area contributed by atoms with Crippen molar-refractivity contribution in [2.75, 3.05) is 7.11 Å². The third-order valence-corrected chi connectivity index (χ3v) is 2.21. The SMILES string of the molecule is COc1ccc(C)c(C#N)c1CCl. The highest BCUT2D eigenvalue weighted by atomic mass is 35.5. The van der Waals surface area contributed by atoms with E-state index in [0.29, 0.717) is 17.2 Å². The maximum atomic E-state index is 8.89. The number of aryl methyl sites for hydroxylation is 1. The van der Waals surface area contributed by atoms with Gasteiger partial charge in [0.1, 0.15) is 5.75 Å². The molecule has 0 fully saturated rings. The highest BCUT2D eigenvalue weighted by Crippen LogP contribution is 2.26. The number of rotatable bonds is 2. The van der Waals surface area contributed by atoms with Crippen molar-refractivity contribution in [3.63, 3.8) is 0 Å². The van der Waals surface area contributed by atoms with Crippen molar-refractivity contribution < 1.29 is 4.74 Å². The van der Waals surface area contributed by atoms with Crippen molar-refractivity contribution >= 4 is 11.6 Å². The van der Waals surface area contributed by atoms with Gasteiger partial charge >= 0.3 is 0 Å². The molecule has 0 amide bonds. The Morgan fingerprint density at radius 2 is 2.23 bits per heavy atom. The van der Waals surface area contributed by atoms with Gasteiger partial charge in [0, 0.05) is 5.56 Å². The van der Waals surface area contributed by atoms with Crippen LogP contribution in [0.15, 0.2) is 12.1 Å². The molecule has 0 radical (unpaired) electrons. The van der Waals surface area contributed by atoms with Gasteiger partial charge in [-0.25, -0.2) is 0 Å². The van der Waals surface area contributed by atoms with Gasteiger partial charge in [-0.3, -0.25) is 0 Å². The van der Waals surface area contributed by atoms with E-state index in [1.807, 2.05) is 19.1 Å². The lowest BCUT2D eigenvalue weighted by molar-refractivity contribution is 0.411. The van der Waals surface area contributed by atoms with Crippen LogP contribution in [0.25, 0.3) is 0 Å². The van der Waals surface area contributed by atoms with Crippen LogP contribution in [0.5, 0.6) is 5.75 Å². The van der Waals surface area contributed by atoms with E-state index in [-0.39, 0.29) is 0 Å². The van der Waals surface area contributed by atoms with E-state index in [9.17, 15) is 0 Å². The summed E-state index contributed by atoms with van der Waals surface area (Å²) in [4.78, 5) is 0. The summed E-state index contributed by atoms with van der Waals surface area (Å²) in [5, 5.41) is 8.89. The molecule has 0 saturated carbocycles. The second kappa shape index (κ2) is 4.15. The second-order valence-electron chi connectivity index (χ2n) is 2.68. The van der Waals surface area contributed by atoms with Crippen LogP contribution in [0.4, 0.5) is 0 Å². The van der Waals surface area contributed by atoms with Gasteiger partial charge < -0.3 is 4.74 Å². The van der Waals surface area contributed by atoms with Crippen LogP contribution < -0.4 is 4.74 Å². The Morgan fingerprint density at radius 3 is 2.69 bits per heavy atom. The quantitative estimate of drug-likeness (QED) is 0.680. The summed E-state index contributed by atoms with van der Waals surface area (Å²) < 4.78 is 5.10. The molecule has 1 aromatic carbocycles. The Bertz CT molecular complexity index is 355. The monoisotopic (exact) mass is 195 g/mol. The molecule has 0 aromatic heterocycles. The number of alkyl halides is 1. The Labute approximate surface area is 82.7 Å². The van der Waals surface area contributed by atoms with Crippen LogP contribution in [0.2, 0.25) is 0 Å². The van der Waals surface area contributed by atoms with E-state index in [2.05, 4.69) is 6.07 Å². The summed E-state index contributed by atoms with van der Waals surface area (Å²) in [5.74, 6) is 0.977. The first-order valence-corrected chi connectivity index (χ1v) is 4.40. The highest BCUT2D eigenvalue weighted by molar-refractivity contribution is 6.17. The molecule has 13 heavy (non-hydrogen) atoms. The molecule has 0 saturated heterocycles. The molecule has 0 atom stereocenters. The smallest absolute Gasteiger partial charge is 0.124 e. The lowest BCUT2D eigenvalue weighted by Gasteiger charge is -2.08. The zero-order chi connectivity index (χ0) is 9.84. The lowest BCUT2D eigenvalue weighted by Crippen LogP contribution is -1.95. The fraction of sp³-hybridized carbons (Fsp3) is 0.300. The van der Waals surface area contributed by atoms with Crippen molar-refractivity contribution in [1.29, 1.82) is 5.26 Å². The first-order chi connectivity index (χ1) is 6.24. The first-order valence-electron chi connectivity index (χ1n) is 3.87. The van der Waals surface area contributed by atoms with Gasteiger partial charge in [-0.1, -0.05) is 6.07 Å². The van der Waals surface area contributed by atoms with Crippen molar-refractivity contribution in [2.45, 2.75) is 12.8 Å². The van der Waals surface area contributed by atoms with Gasteiger partial charge in [0.25, 0.3) is 0 Å². The van der Waals surface area contributed by atoms with E-state index in [4.69, 9.17) is 21.6 Å². The number of methoxy groups -OCH3 is 1. The van der Waals surface area contributed by atoms with Gasteiger partial charge in [-0.15, -0.1) is 11.6 Å². The van der Waals surface area contributed by atoms with Crippen LogP contribution in [-0.4, -0.2) is 7.11 Å². The molecule has 0 unspecified atom stereocenters. The third kappa shape index (κ3) is 1.76. The molecular formula is C10H10ClNO. The van der Waals surface area contributed by atoms with Gasteiger partial charge in [0.15, 0.2) is 0 Å². The molecule has 0 bridgehead atoms. The van der Waals surface area contributed by atoms with E-state index in [1.165, 1.54) is 0 Å². The topological polar surface area (TPSA) is 33.0 Å². The minimum Gasteiger partial charge on any atom is -0.496 e. The molecule has 0 aliphatic heterocycles. The second-order valence-corrected chi connectivity index (χ2v) is 2.95. The van der Waals surface area contributed by atoms with Crippen molar-refractivity contribution in [3.05, 3.63) is 28.8 Å². The summed E-state index contributed by atoms with van der Waals surface area (Å²) in [6.07, 6.45) is 0. The molecule has 0 aliphatic rings. The van der Waals surface area contributed by atoms with Gasteiger partial charge in [0.05, 0.1) is 24.6 Å². The van der Waals surface area contributed by atoms with Gasteiger partial charge in [-0.05, 0) is 18.6 Å².